The van der Waals surface area contributed by atoms with Gasteiger partial charge < -0.3 is 0 Å². The molecule has 0 unspecified atom stereocenters. The lowest BCUT2D eigenvalue weighted by molar-refractivity contribution is 0.597. The van der Waals surface area contributed by atoms with E-state index in [9.17, 15) is 12.8 Å². The Morgan fingerprint density at radius 3 is 2.71 bits per heavy atom. The fourth-order valence-electron chi connectivity index (χ4n) is 2.32. The summed E-state index contributed by atoms with van der Waals surface area (Å²) in [5.74, 6) is -0.592. The van der Waals surface area contributed by atoms with Gasteiger partial charge in [-0.1, -0.05) is 29.8 Å². The number of fused-ring (bicyclic) bond motifs is 1. The molecule has 7 heteroatoms. The number of benzene rings is 2. The molecular weight excluding hydrogens is 315 g/mol. The highest BCUT2D eigenvalue weighted by Crippen LogP contribution is 2.30. The Morgan fingerprint density at radius 2 is 1.95 bits per heavy atom. The van der Waals surface area contributed by atoms with E-state index >= 15 is 0 Å². The maximum absolute atomic E-state index is 13.1. The van der Waals surface area contributed by atoms with Crippen molar-refractivity contribution >= 4 is 33.2 Å². The summed E-state index contributed by atoms with van der Waals surface area (Å²) < 4.78 is 41.7. The molecule has 0 aliphatic carbocycles. The minimum absolute atomic E-state index is 0.128. The topological polar surface area (TPSA) is 49.4 Å². The predicted octanol–water partition coefficient (Wildman–Crippen LogP) is 3.20. The summed E-state index contributed by atoms with van der Waals surface area (Å²) in [5.41, 5.74) is 1.88. The molecule has 4 nitrogen and oxygen atoms in total. The van der Waals surface area contributed by atoms with Crippen molar-refractivity contribution in [3.8, 4) is 0 Å². The molecule has 1 aliphatic rings. The molecule has 0 amide bonds. The van der Waals surface area contributed by atoms with E-state index in [1.54, 1.807) is 12.1 Å². The number of rotatable bonds is 3. The van der Waals surface area contributed by atoms with Gasteiger partial charge in [-0.25, -0.2) is 4.39 Å². The quantitative estimate of drug-likeness (QED) is 0.941. The largest absolute Gasteiger partial charge is 0.323 e. The van der Waals surface area contributed by atoms with E-state index in [4.69, 9.17) is 11.6 Å². The fourth-order valence-corrected chi connectivity index (χ4v) is 3.81. The molecule has 3 rings (SSSR count). The van der Waals surface area contributed by atoms with Crippen LogP contribution in [0.2, 0.25) is 5.02 Å². The molecule has 0 saturated heterocycles. The van der Waals surface area contributed by atoms with Crippen LogP contribution in [0.25, 0.3) is 0 Å². The van der Waals surface area contributed by atoms with E-state index in [-0.39, 0.29) is 10.7 Å². The van der Waals surface area contributed by atoms with Gasteiger partial charge in [0.2, 0.25) is 0 Å². The molecule has 0 bridgehead atoms. The second kappa shape index (κ2) is 5.20. The number of nitrogens with zero attached hydrogens (tertiary/aromatic N) is 1. The third kappa shape index (κ3) is 2.69. The Balaban J connectivity index is 1.90. The average Bonchev–Trinajstić information content (AvgIpc) is 2.87. The van der Waals surface area contributed by atoms with E-state index in [1.807, 2.05) is 12.1 Å². The molecule has 0 atom stereocenters. The Morgan fingerprint density at radius 1 is 1.19 bits per heavy atom. The summed E-state index contributed by atoms with van der Waals surface area (Å²) in [6.07, 6.45) is 0.668. The van der Waals surface area contributed by atoms with Crippen molar-refractivity contribution in [2.75, 3.05) is 15.6 Å². The van der Waals surface area contributed by atoms with Crippen molar-refractivity contribution in [2.45, 2.75) is 6.42 Å². The van der Waals surface area contributed by atoms with Crippen LogP contribution in [0.4, 0.5) is 15.8 Å². The molecule has 0 fully saturated rings. The van der Waals surface area contributed by atoms with Gasteiger partial charge in [-0.05, 0) is 36.2 Å². The third-order valence-electron chi connectivity index (χ3n) is 3.30. The standard InChI is InChI=1S/C14H12ClFN2O2S/c15-12-9-11(5-6-13(12)16)17-21(19,20)18-8-7-10-3-1-2-4-14(10)18/h1-6,9,17H,7-8H2. The van der Waals surface area contributed by atoms with Crippen LogP contribution < -0.4 is 9.03 Å². The van der Waals surface area contributed by atoms with Gasteiger partial charge in [-0.3, -0.25) is 9.03 Å². The smallest absolute Gasteiger partial charge is 0.267 e. The van der Waals surface area contributed by atoms with Gasteiger partial charge >= 0.3 is 10.2 Å². The van der Waals surface area contributed by atoms with Crippen LogP contribution in [0, 0.1) is 5.82 Å². The molecular formula is C14H12ClFN2O2S. The summed E-state index contributed by atoms with van der Waals surface area (Å²) in [6.45, 7) is 0.379. The summed E-state index contributed by atoms with van der Waals surface area (Å²) in [7, 11) is -3.75. The second-order valence-electron chi connectivity index (χ2n) is 4.69. The number of para-hydroxylation sites is 1. The summed E-state index contributed by atoms with van der Waals surface area (Å²) in [5, 5.41) is -0.128. The molecule has 21 heavy (non-hydrogen) atoms. The summed E-state index contributed by atoms with van der Waals surface area (Å²) in [4.78, 5) is 0. The molecule has 0 radical (unpaired) electrons. The molecule has 2 aromatic carbocycles. The monoisotopic (exact) mass is 326 g/mol. The van der Waals surface area contributed by atoms with E-state index in [0.29, 0.717) is 18.7 Å². The Kier molecular flexibility index (Phi) is 3.51. The van der Waals surface area contributed by atoms with Crippen molar-refractivity contribution in [2.24, 2.45) is 0 Å². The molecule has 0 spiro atoms. The highest BCUT2D eigenvalue weighted by molar-refractivity contribution is 7.94. The van der Waals surface area contributed by atoms with Crippen LogP contribution in [0.1, 0.15) is 5.56 Å². The van der Waals surface area contributed by atoms with E-state index in [1.165, 1.54) is 16.4 Å². The van der Waals surface area contributed by atoms with E-state index in [2.05, 4.69) is 4.72 Å². The third-order valence-corrected chi connectivity index (χ3v) is 5.04. The number of anilines is 2. The van der Waals surface area contributed by atoms with Crippen LogP contribution >= 0.6 is 11.6 Å². The van der Waals surface area contributed by atoms with Crippen LogP contribution in [0.5, 0.6) is 0 Å². The van der Waals surface area contributed by atoms with Crippen LogP contribution in [0.3, 0.4) is 0 Å². The molecule has 0 saturated carbocycles. The van der Waals surface area contributed by atoms with E-state index < -0.39 is 16.0 Å². The minimum Gasteiger partial charge on any atom is -0.267 e. The van der Waals surface area contributed by atoms with Gasteiger partial charge in [0.05, 0.1) is 16.4 Å². The molecule has 0 aromatic heterocycles. The first-order chi connectivity index (χ1) is 9.97. The Bertz CT molecular complexity index is 795. The SMILES string of the molecule is O=S(=O)(Nc1ccc(F)c(Cl)c1)N1CCc2ccccc21. The van der Waals surface area contributed by atoms with Gasteiger partial charge in [0.25, 0.3) is 0 Å². The Hall–Kier alpha value is -1.79. The second-order valence-corrected chi connectivity index (χ2v) is 6.69. The zero-order chi connectivity index (χ0) is 15.0. The van der Waals surface area contributed by atoms with E-state index in [0.717, 1.165) is 11.6 Å². The van der Waals surface area contributed by atoms with Crippen LogP contribution in [-0.4, -0.2) is 15.0 Å². The maximum atomic E-state index is 13.1. The summed E-state index contributed by atoms with van der Waals surface area (Å²) >= 11 is 5.66. The lowest BCUT2D eigenvalue weighted by atomic mass is 10.2. The fraction of sp³-hybridized carbons (Fsp3) is 0.143. The van der Waals surface area contributed by atoms with Gasteiger partial charge in [0.1, 0.15) is 5.82 Å². The zero-order valence-electron chi connectivity index (χ0n) is 10.9. The van der Waals surface area contributed by atoms with Crippen molar-refractivity contribution in [3.63, 3.8) is 0 Å². The van der Waals surface area contributed by atoms with Gasteiger partial charge in [0.15, 0.2) is 0 Å². The molecule has 1 aliphatic heterocycles. The lowest BCUT2D eigenvalue weighted by Gasteiger charge is -2.20. The van der Waals surface area contributed by atoms with Crippen LogP contribution in [-0.2, 0) is 16.6 Å². The highest BCUT2D eigenvalue weighted by Gasteiger charge is 2.29. The predicted molar refractivity (Wildman–Crippen MR) is 81.4 cm³/mol. The zero-order valence-corrected chi connectivity index (χ0v) is 12.5. The molecule has 2 aromatic rings. The normalized spacial score (nSPS) is 14.1. The molecule has 1 heterocycles. The number of hydrogen-bond donors (Lipinski definition) is 1. The summed E-state index contributed by atoms with van der Waals surface area (Å²) in [6, 6.07) is 11.0. The minimum atomic E-state index is -3.75. The van der Waals surface area contributed by atoms with Crippen molar-refractivity contribution in [1.82, 2.24) is 0 Å². The van der Waals surface area contributed by atoms with Gasteiger partial charge in [-0.2, -0.15) is 8.42 Å². The number of halogens is 2. The number of hydrogen-bond acceptors (Lipinski definition) is 2. The van der Waals surface area contributed by atoms with Gasteiger partial charge in [0, 0.05) is 6.54 Å². The molecule has 110 valence electrons. The Labute approximate surface area is 127 Å². The first kappa shape index (κ1) is 14.2. The maximum Gasteiger partial charge on any atom is 0.323 e. The van der Waals surface area contributed by atoms with Gasteiger partial charge in [-0.15, -0.1) is 0 Å². The molecule has 1 N–H and O–H groups in total. The first-order valence-corrected chi connectivity index (χ1v) is 8.12. The highest BCUT2D eigenvalue weighted by atomic mass is 35.5. The van der Waals surface area contributed by atoms with Crippen molar-refractivity contribution in [3.05, 3.63) is 58.9 Å². The number of nitrogens with one attached hydrogen (secondary N) is 1. The van der Waals surface area contributed by atoms with Crippen molar-refractivity contribution < 1.29 is 12.8 Å². The average molecular weight is 327 g/mol. The first-order valence-electron chi connectivity index (χ1n) is 6.31. The lowest BCUT2D eigenvalue weighted by Crippen LogP contribution is -2.34. The van der Waals surface area contributed by atoms with Crippen LogP contribution in [0.15, 0.2) is 42.5 Å². The van der Waals surface area contributed by atoms with Crippen molar-refractivity contribution in [1.29, 1.82) is 0 Å².